The summed E-state index contributed by atoms with van der Waals surface area (Å²) in [5, 5.41) is 7.05. The first kappa shape index (κ1) is 15.9. The molecule has 0 aliphatic carbocycles. The Labute approximate surface area is 140 Å². The van der Waals surface area contributed by atoms with Crippen molar-refractivity contribution < 1.29 is 9.59 Å². The second-order valence-corrected chi connectivity index (χ2v) is 5.86. The highest BCUT2D eigenvalue weighted by Crippen LogP contribution is 2.22. The van der Waals surface area contributed by atoms with E-state index in [2.05, 4.69) is 20.8 Å². The smallest absolute Gasteiger partial charge is 0.255 e. The monoisotopic (exact) mass is 322 g/mol. The molecule has 0 bridgehead atoms. The van der Waals surface area contributed by atoms with Crippen molar-refractivity contribution in [2.45, 2.75) is 20.3 Å². The number of carbonyl (C=O) groups is 2. The molecule has 2 N–H and O–H groups in total. The molecule has 6 heteroatoms. The zero-order valence-electron chi connectivity index (χ0n) is 13.5. The number of aryl methyl sites for hydroxylation is 1. The molecule has 1 atom stereocenters. The molecule has 0 spiro atoms. The second kappa shape index (κ2) is 6.62. The van der Waals surface area contributed by atoms with Gasteiger partial charge in [0.05, 0.1) is 5.71 Å². The number of carbonyl (C=O) groups excluding carboxylic acids is 2. The summed E-state index contributed by atoms with van der Waals surface area (Å²) >= 11 is 0. The van der Waals surface area contributed by atoms with Gasteiger partial charge in [-0.25, -0.2) is 5.43 Å². The van der Waals surface area contributed by atoms with Crippen LogP contribution < -0.4 is 10.7 Å². The fraction of sp³-hybridized carbons (Fsp3) is 0.222. The summed E-state index contributed by atoms with van der Waals surface area (Å²) < 4.78 is 0. The van der Waals surface area contributed by atoms with Crippen LogP contribution in [0.15, 0.2) is 47.8 Å². The van der Waals surface area contributed by atoms with Crippen LogP contribution in [0.1, 0.15) is 34.8 Å². The molecule has 1 unspecified atom stereocenters. The standard InChI is InChI=1S/C18H18N4O2/c1-11-9-14(20-18(24)13-5-7-19-8-6-13)3-4-15(11)17-12(2)10-16(23)21-22-17/h3-9,12H,10H2,1-2H3,(H,20,24)(H,21,23). The van der Waals surface area contributed by atoms with E-state index in [0.29, 0.717) is 17.7 Å². The number of pyridine rings is 1. The van der Waals surface area contributed by atoms with Gasteiger partial charge in [0.2, 0.25) is 5.91 Å². The number of nitrogens with zero attached hydrogens (tertiary/aromatic N) is 2. The molecule has 6 nitrogen and oxygen atoms in total. The highest BCUT2D eigenvalue weighted by molar-refractivity contribution is 6.08. The SMILES string of the molecule is Cc1cc(NC(=O)c2ccncc2)ccc1C1=NNC(=O)CC1C. The summed E-state index contributed by atoms with van der Waals surface area (Å²) in [5.41, 5.74) is 6.63. The van der Waals surface area contributed by atoms with E-state index in [-0.39, 0.29) is 17.7 Å². The zero-order valence-corrected chi connectivity index (χ0v) is 13.5. The Morgan fingerprint density at radius 3 is 2.67 bits per heavy atom. The van der Waals surface area contributed by atoms with Gasteiger partial charge in [-0.05, 0) is 36.8 Å². The Kier molecular flexibility index (Phi) is 4.37. The van der Waals surface area contributed by atoms with E-state index in [1.165, 1.54) is 0 Å². The third-order valence-electron chi connectivity index (χ3n) is 3.96. The molecule has 1 aromatic carbocycles. The van der Waals surface area contributed by atoms with Crippen LogP contribution in [0, 0.1) is 12.8 Å². The van der Waals surface area contributed by atoms with E-state index in [1.807, 2.05) is 32.0 Å². The van der Waals surface area contributed by atoms with Crippen molar-refractivity contribution in [2.24, 2.45) is 11.0 Å². The maximum absolute atomic E-state index is 12.2. The third-order valence-corrected chi connectivity index (χ3v) is 3.96. The Morgan fingerprint density at radius 2 is 2.00 bits per heavy atom. The van der Waals surface area contributed by atoms with Crippen LogP contribution in [0.3, 0.4) is 0 Å². The molecule has 0 radical (unpaired) electrons. The maximum atomic E-state index is 12.2. The number of rotatable bonds is 3. The Morgan fingerprint density at radius 1 is 1.25 bits per heavy atom. The molecular weight excluding hydrogens is 304 g/mol. The Hall–Kier alpha value is -3.02. The molecule has 2 heterocycles. The lowest BCUT2D eigenvalue weighted by Gasteiger charge is -2.21. The van der Waals surface area contributed by atoms with Crippen molar-refractivity contribution in [3.63, 3.8) is 0 Å². The van der Waals surface area contributed by atoms with Crippen LogP contribution >= 0.6 is 0 Å². The van der Waals surface area contributed by atoms with Crippen LogP contribution in [0.5, 0.6) is 0 Å². The lowest BCUT2D eigenvalue weighted by atomic mass is 9.91. The molecule has 1 aliphatic rings. The first-order valence-corrected chi connectivity index (χ1v) is 7.73. The van der Waals surface area contributed by atoms with Crippen molar-refractivity contribution in [3.05, 3.63) is 59.4 Å². The number of benzene rings is 1. The normalized spacial score (nSPS) is 17.0. The van der Waals surface area contributed by atoms with Gasteiger partial charge >= 0.3 is 0 Å². The van der Waals surface area contributed by atoms with Gasteiger partial charge in [-0.3, -0.25) is 14.6 Å². The summed E-state index contributed by atoms with van der Waals surface area (Å²) in [6, 6.07) is 8.99. The fourth-order valence-corrected chi connectivity index (χ4v) is 2.71. The minimum absolute atomic E-state index is 0.0645. The topological polar surface area (TPSA) is 83.4 Å². The van der Waals surface area contributed by atoms with Crippen LogP contribution in [-0.2, 0) is 4.79 Å². The molecule has 0 saturated carbocycles. The maximum Gasteiger partial charge on any atom is 0.255 e. The van der Waals surface area contributed by atoms with Gasteiger partial charge in [-0.1, -0.05) is 13.0 Å². The number of amides is 2. The molecular formula is C18H18N4O2. The third kappa shape index (κ3) is 3.32. The van der Waals surface area contributed by atoms with Crippen molar-refractivity contribution in [2.75, 3.05) is 5.32 Å². The van der Waals surface area contributed by atoms with Crippen molar-refractivity contribution in [1.29, 1.82) is 0 Å². The van der Waals surface area contributed by atoms with Crippen LogP contribution in [-0.4, -0.2) is 22.5 Å². The molecule has 0 fully saturated rings. The van der Waals surface area contributed by atoms with E-state index in [1.54, 1.807) is 24.5 Å². The summed E-state index contributed by atoms with van der Waals surface area (Å²) in [6.45, 7) is 3.94. The van der Waals surface area contributed by atoms with Gasteiger partial charge in [-0.15, -0.1) is 0 Å². The van der Waals surface area contributed by atoms with E-state index in [0.717, 1.165) is 16.8 Å². The predicted octanol–water partition coefficient (Wildman–Crippen LogP) is 2.50. The molecule has 24 heavy (non-hydrogen) atoms. The van der Waals surface area contributed by atoms with Gasteiger partial charge in [0.25, 0.3) is 5.91 Å². The first-order chi connectivity index (χ1) is 11.5. The second-order valence-electron chi connectivity index (χ2n) is 5.86. The minimum atomic E-state index is -0.180. The molecule has 2 aromatic rings. The number of hydrogen-bond acceptors (Lipinski definition) is 4. The van der Waals surface area contributed by atoms with Crippen LogP contribution in [0.25, 0.3) is 0 Å². The predicted molar refractivity (Wildman–Crippen MR) is 91.8 cm³/mol. The number of hydrogen-bond donors (Lipinski definition) is 2. The fourth-order valence-electron chi connectivity index (χ4n) is 2.71. The largest absolute Gasteiger partial charge is 0.322 e. The quantitative estimate of drug-likeness (QED) is 0.910. The lowest BCUT2D eigenvalue weighted by molar-refractivity contribution is -0.121. The minimum Gasteiger partial charge on any atom is -0.322 e. The zero-order chi connectivity index (χ0) is 17.1. The van der Waals surface area contributed by atoms with Crippen molar-refractivity contribution in [1.82, 2.24) is 10.4 Å². The van der Waals surface area contributed by atoms with Gasteiger partial charge in [0, 0.05) is 41.5 Å². The number of anilines is 1. The summed E-state index contributed by atoms with van der Waals surface area (Å²) in [4.78, 5) is 27.5. The summed E-state index contributed by atoms with van der Waals surface area (Å²) in [6.07, 6.45) is 3.60. The molecule has 1 aliphatic heterocycles. The van der Waals surface area contributed by atoms with Crippen LogP contribution in [0.2, 0.25) is 0 Å². The number of aromatic nitrogens is 1. The van der Waals surface area contributed by atoms with Crippen molar-refractivity contribution >= 4 is 23.2 Å². The van der Waals surface area contributed by atoms with Crippen molar-refractivity contribution in [3.8, 4) is 0 Å². The summed E-state index contributed by atoms with van der Waals surface area (Å²) in [5.74, 6) is -0.181. The molecule has 0 saturated heterocycles. The molecule has 122 valence electrons. The Balaban J connectivity index is 1.80. The summed E-state index contributed by atoms with van der Waals surface area (Å²) in [7, 11) is 0. The average molecular weight is 322 g/mol. The van der Waals surface area contributed by atoms with E-state index < -0.39 is 0 Å². The highest BCUT2D eigenvalue weighted by Gasteiger charge is 2.22. The average Bonchev–Trinajstić information content (AvgIpc) is 2.57. The van der Waals surface area contributed by atoms with Crippen LogP contribution in [0.4, 0.5) is 5.69 Å². The Bertz CT molecular complexity index is 815. The van der Waals surface area contributed by atoms with Gasteiger partial charge in [-0.2, -0.15) is 5.10 Å². The highest BCUT2D eigenvalue weighted by atomic mass is 16.2. The lowest BCUT2D eigenvalue weighted by Crippen LogP contribution is -2.32. The van der Waals surface area contributed by atoms with Gasteiger partial charge in [0.1, 0.15) is 0 Å². The van der Waals surface area contributed by atoms with Gasteiger partial charge in [0.15, 0.2) is 0 Å². The van der Waals surface area contributed by atoms with E-state index in [9.17, 15) is 9.59 Å². The van der Waals surface area contributed by atoms with Gasteiger partial charge < -0.3 is 5.32 Å². The molecule has 2 amide bonds. The first-order valence-electron chi connectivity index (χ1n) is 7.73. The molecule has 1 aromatic heterocycles. The number of nitrogens with one attached hydrogen (secondary N) is 2. The number of hydrazone groups is 1. The van der Waals surface area contributed by atoms with E-state index >= 15 is 0 Å². The molecule has 3 rings (SSSR count). The van der Waals surface area contributed by atoms with E-state index in [4.69, 9.17) is 0 Å².